The van der Waals surface area contributed by atoms with Crippen molar-refractivity contribution >= 4 is 39.4 Å². The molecule has 0 unspecified atom stereocenters. The molecule has 1 N–H and O–H groups in total. The normalized spacial score (nSPS) is 14.1. The predicted octanol–water partition coefficient (Wildman–Crippen LogP) is 4.45. The van der Waals surface area contributed by atoms with Crippen LogP contribution in [0.25, 0.3) is 21.3 Å². The fraction of sp³-hybridized carbons (Fsp3) is 0.174. The number of carbonyl (C=O) groups excluding carboxylic acids is 1. The number of hydrogen-bond acceptors (Lipinski definition) is 6. The van der Waals surface area contributed by atoms with Gasteiger partial charge in [-0.1, -0.05) is 42.5 Å². The molecule has 1 saturated heterocycles. The molecule has 1 aliphatic heterocycles. The average molecular weight is 417 g/mol. The number of benzene rings is 2. The minimum atomic E-state index is -0.236. The van der Waals surface area contributed by atoms with Gasteiger partial charge in [0.15, 0.2) is 0 Å². The molecule has 0 radical (unpaired) electrons. The zero-order chi connectivity index (χ0) is 20.3. The lowest BCUT2D eigenvalue weighted by molar-refractivity contribution is 0.102. The van der Waals surface area contributed by atoms with E-state index in [0.717, 1.165) is 40.1 Å². The molecule has 4 aromatic rings. The number of carbonyl (C=O) groups is 1. The Labute approximate surface area is 178 Å². The van der Waals surface area contributed by atoms with Gasteiger partial charge in [-0.15, -0.1) is 11.3 Å². The quantitative estimate of drug-likeness (QED) is 0.532. The Hall–Kier alpha value is -3.29. The van der Waals surface area contributed by atoms with Crippen molar-refractivity contribution in [2.75, 3.05) is 36.5 Å². The second kappa shape index (κ2) is 8.22. The summed E-state index contributed by atoms with van der Waals surface area (Å²) in [7, 11) is 0. The second-order valence-electron chi connectivity index (χ2n) is 7.01. The summed E-state index contributed by atoms with van der Waals surface area (Å²) in [4.78, 5) is 23.9. The largest absolute Gasteiger partial charge is 0.378 e. The van der Waals surface area contributed by atoms with Gasteiger partial charge in [0, 0.05) is 30.2 Å². The Morgan fingerprint density at radius 2 is 1.90 bits per heavy atom. The molecular formula is C23H20N4O2S. The number of nitrogens with zero attached hydrogens (tertiary/aromatic N) is 3. The summed E-state index contributed by atoms with van der Waals surface area (Å²) in [6, 6.07) is 16.3. The smallest absolute Gasteiger partial charge is 0.275 e. The Kier molecular flexibility index (Phi) is 5.13. The average Bonchev–Trinajstić information content (AvgIpc) is 3.30. The number of ether oxygens (including phenoxy) is 1. The summed E-state index contributed by atoms with van der Waals surface area (Å²) in [6.45, 7) is 2.93. The van der Waals surface area contributed by atoms with Crippen molar-refractivity contribution in [2.24, 2.45) is 0 Å². The summed E-state index contributed by atoms with van der Waals surface area (Å²) in [5.74, 6) is -0.236. The molecule has 30 heavy (non-hydrogen) atoms. The Balaban J connectivity index is 1.41. The van der Waals surface area contributed by atoms with Crippen LogP contribution in [-0.2, 0) is 4.74 Å². The lowest BCUT2D eigenvalue weighted by Gasteiger charge is -2.30. The van der Waals surface area contributed by atoms with E-state index in [1.807, 2.05) is 30.3 Å². The van der Waals surface area contributed by atoms with Gasteiger partial charge in [-0.25, -0.2) is 4.98 Å². The van der Waals surface area contributed by atoms with Crippen LogP contribution in [0.15, 0.2) is 66.3 Å². The van der Waals surface area contributed by atoms with Crippen LogP contribution in [0.1, 0.15) is 10.5 Å². The first-order chi connectivity index (χ1) is 14.8. The Morgan fingerprint density at radius 1 is 1.07 bits per heavy atom. The third kappa shape index (κ3) is 3.65. The molecule has 1 fully saturated rings. The van der Waals surface area contributed by atoms with E-state index >= 15 is 0 Å². The predicted molar refractivity (Wildman–Crippen MR) is 120 cm³/mol. The van der Waals surface area contributed by atoms with Crippen LogP contribution >= 0.6 is 11.3 Å². The number of pyridine rings is 1. The maximum absolute atomic E-state index is 12.9. The highest BCUT2D eigenvalue weighted by Crippen LogP contribution is 2.31. The second-order valence-corrected chi connectivity index (χ2v) is 7.87. The highest BCUT2D eigenvalue weighted by molar-refractivity contribution is 7.13. The van der Waals surface area contributed by atoms with Crippen molar-refractivity contribution in [1.29, 1.82) is 0 Å². The van der Waals surface area contributed by atoms with E-state index < -0.39 is 0 Å². The van der Waals surface area contributed by atoms with Crippen molar-refractivity contribution in [3.63, 3.8) is 0 Å². The first kappa shape index (κ1) is 18.7. The van der Waals surface area contributed by atoms with Crippen LogP contribution < -0.4 is 10.2 Å². The summed E-state index contributed by atoms with van der Waals surface area (Å²) in [6.07, 6.45) is 3.42. The number of thiazole rings is 1. The molecule has 0 atom stereocenters. The van der Waals surface area contributed by atoms with Crippen molar-refractivity contribution in [3.05, 3.63) is 72.0 Å². The van der Waals surface area contributed by atoms with Crippen molar-refractivity contribution < 1.29 is 9.53 Å². The van der Waals surface area contributed by atoms with Crippen LogP contribution in [0.4, 0.5) is 11.4 Å². The van der Waals surface area contributed by atoms with Gasteiger partial charge in [0.05, 0.1) is 30.8 Å². The summed E-state index contributed by atoms with van der Waals surface area (Å²) in [5, 5.41) is 7.90. The maximum Gasteiger partial charge on any atom is 0.275 e. The molecule has 2 aromatic heterocycles. The molecule has 5 rings (SSSR count). The van der Waals surface area contributed by atoms with Crippen LogP contribution in [-0.4, -0.2) is 42.2 Å². The monoisotopic (exact) mass is 416 g/mol. The van der Waals surface area contributed by atoms with Crippen molar-refractivity contribution in [2.45, 2.75) is 0 Å². The van der Waals surface area contributed by atoms with Crippen molar-refractivity contribution in [3.8, 4) is 10.6 Å². The molecule has 1 amide bonds. The molecular weight excluding hydrogens is 396 g/mol. The molecule has 0 bridgehead atoms. The molecule has 6 nitrogen and oxygen atoms in total. The first-order valence-electron chi connectivity index (χ1n) is 9.81. The third-order valence-corrected chi connectivity index (χ3v) is 6.03. The van der Waals surface area contributed by atoms with Gasteiger partial charge in [0.1, 0.15) is 10.7 Å². The summed E-state index contributed by atoms with van der Waals surface area (Å²) < 4.78 is 5.43. The molecule has 0 spiro atoms. The van der Waals surface area contributed by atoms with Crippen LogP contribution in [0.5, 0.6) is 0 Å². The van der Waals surface area contributed by atoms with E-state index in [2.05, 4.69) is 38.4 Å². The number of anilines is 2. The van der Waals surface area contributed by atoms with Gasteiger partial charge in [0.25, 0.3) is 5.91 Å². The highest BCUT2D eigenvalue weighted by Gasteiger charge is 2.18. The first-order valence-corrected chi connectivity index (χ1v) is 10.7. The third-order valence-electron chi connectivity index (χ3n) is 5.15. The number of morpholine rings is 1. The minimum Gasteiger partial charge on any atom is -0.378 e. The fourth-order valence-corrected chi connectivity index (χ4v) is 4.50. The van der Waals surface area contributed by atoms with Gasteiger partial charge in [-0.2, -0.15) is 0 Å². The summed E-state index contributed by atoms with van der Waals surface area (Å²) in [5.41, 5.74) is 3.07. The minimum absolute atomic E-state index is 0.236. The molecule has 0 saturated carbocycles. The molecule has 0 aliphatic carbocycles. The van der Waals surface area contributed by atoms with Crippen LogP contribution in [0.3, 0.4) is 0 Å². The van der Waals surface area contributed by atoms with Crippen LogP contribution in [0, 0.1) is 0 Å². The van der Waals surface area contributed by atoms with Gasteiger partial charge in [-0.3, -0.25) is 9.78 Å². The standard InChI is InChI=1S/C23H20N4O2S/c28-22(25-19-14-24-9-8-21(19)27-10-12-29-13-11-27)20-15-30-23(26-20)18-7-3-5-16-4-1-2-6-17(16)18/h1-9,14-15H,10-13H2,(H,25,28). The van der Waals surface area contributed by atoms with Gasteiger partial charge in [-0.05, 0) is 16.8 Å². The van der Waals surface area contributed by atoms with Gasteiger partial charge in [0.2, 0.25) is 0 Å². The number of hydrogen-bond donors (Lipinski definition) is 1. The van der Waals surface area contributed by atoms with E-state index in [0.29, 0.717) is 24.6 Å². The zero-order valence-electron chi connectivity index (χ0n) is 16.2. The van der Waals surface area contributed by atoms with Gasteiger partial charge < -0.3 is 15.0 Å². The maximum atomic E-state index is 12.9. The lowest BCUT2D eigenvalue weighted by Crippen LogP contribution is -2.36. The SMILES string of the molecule is O=C(Nc1cnccc1N1CCOCC1)c1csc(-c2cccc3ccccc23)n1. The highest BCUT2D eigenvalue weighted by atomic mass is 32.1. The molecule has 3 heterocycles. The van der Waals surface area contributed by atoms with E-state index in [1.54, 1.807) is 17.8 Å². The van der Waals surface area contributed by atoms with Crippen molar-refractivity contribution in [1.82, 2.24) is 9.97 Å². The van der Waals surface area contributed by atoms with Crippen LogP contribution in [0.2, 0.25) is 0 Å². The number of amides is 1. The lowest BCUT2D eigenvalue weighted by atomic mass is 10.1. The summed E-state index contributed by atoms with van der Waals surface area (Å²) >= 11 is 1.47. The zero-order valence-corrected chi connectivity index (χ0v) is 17.1. The molecule has 7 heteroatoms. The topological polar surface area (TPSA) is 67.4 Å². The molecule has 150 valence electrons. The Morgan fingerprint density at radius 3 is 2.80 bits per heavy atom. The number of fused-ring (bicyclic) bond motifs is 1. The number of aromatic nitrogens is 2. The van der Waals surface area contributed by atoms with Gasteiger partial charge >= 0.3 is 0 Å². The number of rotatable bonds is 4. The molecule has 2 aromatic carbocycles. The Bertz CT molecular complexity index is 1200. The van der Waals surface area contributed by atoms with E-state index in [-0.39, 0.29) is 5.91 Å². The van der Waals surface area contributed by atoms with E-state index in [1.165, 1.54) is 11.3 Å². The van der Waals surface area contributed by atoms with E-state index in [4.69, 9.17) is 4.74 Å². The van der Waals surface area contributed by atoms with E-state index in [9.17, 15) is 4.79 Å². The fourth-order valence-electron chi connectivity index (χ4n) is 3.66. The molecule has 1 aliphatic rings. The number of nitrogens with one attached hydrogen (secondary N) is 1.